The average molecular weight is 324 g/mol. The molecule has 1 amide bonds. The molecule has 1 aliphatic heterocycles. The summed E-state index contributed by atoms with van der Waals surface area (Å²) >= 11 is 0. The second-order valence-corrected chi connectivity index (χ2v) is 6.95. The molecule has 5 heteroatoms. The number of aryl methyl sites for hydroxylation is 2. The average Bonchev–Trinajstić information content (AvgIpc) is 3.21. The van der Waals surface area contributed by atoms with E-state index < -0.39 is 0 Å². The van der Waals surface area contributed by atoms with Crippen LogP contribution in [-0.4, -0.2) is 27.3 Å². The van der Waals surface area contributed by atoms with Gasteiger partial charge in [-0.3, -0.25) is 9.69 Å². The number of hydrogen-bond acceptors (Lipinski definition) is 3. The maximum atomic E-state index is 11.4. The standard InChI is InChI=1S/C19H24N4O/c20-18(24)14-6-3-5-13(11-14)12-23-10-4-9-17(23)19-21-15-7-1-2-8-16(15)22-19/h3,5-6,11,17H,1-2,4,7-10,12H2,(H2,20,24)(H,21,22). The van der Waals surface area contributed by atoms with Gasteiger partial charge in [0.2, 0.25) is 5.91 Å². The summed E-state index contributed by atoms with van der Waals surface area (Å²) in [5.74, 6) is 0.763. The smallest absolute Gasteiger partial charge is 0.248 e. The molecule has 0 radical (unpaired) electrons. The highest BCUT2D eigenvalue weighted by Crippen LogP contribution is 2.33. The van der Waals surface area contributed by atoms with Gasteiger partial charge < -0.3 is 10.7 Å². The molecular weight excluding hydrogens is 300 g/mol. The fourth-order valence-electron chi connectivity index (χ4n) is 4.02. The molecule has 5 nitrogen and oxygen atoms in total. The van der Waals surface area contributed by atoms with E-state index in [1.807, 2.05) is 12.1 Å². The Balaban J connectivity index is 1.53. The number of carbonyl (C=O) groups is 1. The Bertz CT molecular complexity index is 728. The monoisotopic (exact) mass is 324 g/mol. The number of imidazole rings is 1. The van der Waals surface area contributed by atoms with E-state index in [4.69, 9.17) is 10.7 Å². The highest BCUT2D eigenvalue weighted by Gasteiger charge is 2.29. The van der Waals surface area contributed by atoms with Gasteiger partial charge in [-0.25, -0.2) is 4.98 Å². The first-order chi connectivity index (χ1) is 11.7. The minimum absolute atomic E-state index is 0.354. The topological polar surface area (TPSA) is 75.0 Å². The molecular formula is C19H24N4O. The van der Waals surface area contributed by atoms with Gasteiger partial charge >= 0.3 is 0 Å². The van der Waals surface area contributed by atoms with Gasteiger partial charge in [-0.1, -0.05) is 12.1 Å². The van der Waals surface area contributed by atoms with Crippen molar-refractivity contribution >= 4 is 5.91 Å². The van der Waals surface area contributed by atoms with Gasteiger partial charge in [0.25, 0.3) is 0 Å². The Morgan fingerprint density at radius 2 is 2.17 bits per heavy atom. The van der Waals surface area contributed by atoms with Gasteiger partial charge in [-0.05, 0) is 62.8 Å². The van der Waals surface area contributed by atoms with Crippen LogP contribution >= 0.6 is 0 Å². The summed E-state index contributed by atoms with van der Waals surface area (Å²) in [6.45, 7) is 1.90. The molecule has 126 valence electrons. The quantitative estimate of drug-likeness (QED) is 0.908. The Morgan fingerprint density at radius 1 is 1.29 bits per heavy atom. The summed E-state index contributed by atoms with van der Waals surface area (Å²) in [6, 6.07) is 8.01. The van der Waals surface area contributed by atoms with Crippen molar-refractivity contribution in [3.8, 4) is 0 Å². The maximum Gasteiger partial charge on any atom is 0.248 e. The number of amides is 1. The molecule has 1 unspecified atom stereocenters. The van der Waals surface area contributed by atoms with Crippen LogP contribution in [0.15, 0.2) is 24.3 Å². The first kappa shape index (κ1) is 15.4. The van der Waals surface area contributed by atoms with Crippen LogP contribution in [-0.2, 0) is 19.4 Å². The van der Waals surface area contributed by atoms with E-state index in [0.29, 0.717) is 11.6 Å². The van der Waals surface area contributed by atoms with Crippen LogP contribution in [0.4, 0.5) is 0 Å². The number of nitrogens with zero attached hydrogens (tertiary/aromatic N) is 2. The van der Waals surface area contributed by atoms with Crippen LogP contribution < -0.4 is 5.73 Å². The molecule has 1 aromatic carbocycles. The van der Waals surface area contributed by atoms with Crippen LogP contribution in [0.2, 0.25) is 0 Å². The van der Waals surface area contributed by atoms with Gasteiger partial charge in [0.05, 0.1) is 11.7 Å². The lowest BCUT2D eigenvalue weighted by atomic mass is 10.0. The number of aromatic nitrogens is 2. The molecule has 1 aromatic heterocycles. The molecule has 2 heterocycles. The Hall–Kier alpha value is -2.14. The third kappa shape index (κ3) is 2.96. The summed E-state index contributed by atoms with van der Waals surface area (Å²) in [7, 11) is 0. The summed E-state index contributed by atoms with van der Waals surface area (Å²) < 4.78 is 0. The third-order valence-corrected chi connectivity index (χ3v) is 5.25. The lowest BCUT2D eigenvalue weighted by Crippen LogP contribution is -2.24. The second kappa shape index (κ2) is 6.40. The summed E-state index contributed by atoms with van der Waals surface area (Å²) in [5.41, 5.74) is 9.73. The van der Waals surface area contributed by atoms with Crippen LogP contribution in [0.5, 0.6) is 0 Å². The molecule has 1 atom stereocenters. The summed E-state index contributed by atoms with van der Waals surface area (Å²) in [5, 5.41) is 0. The number of primary amides is 1. The fraction of sp³-hybridized carbons (Fsp3) is 0.474. The lowest BCUT2D eigenvalue weighted by molar-refractivity contribution is 0.1000. The zero-order chi connectivity index (χ0) is 16.5. The molecule has 1 fully saturated rings. The Kier molecular flexibility index (Phi) is 4.10. The predicted octanol–water partition coefficient (Wildman–Crippen LogP) is 2.72. The molecule has 4 rings (SSSR count). The fourth-order valence-corrected chi connectivity index (χ4v) is 4.02. The minimum Gasteiger partial charge on any atom is -0.366 e. The van der Waals surface area contributed by atoms with Crippen molar-refractivity contribution in [2.24, 2.45) is 5.73 Å². The van der Waals surface area contributed by atoms with E-state index >= 15 is 0 Å². The Labute approximate surface area is 142 Å². The van der Waals surface area contributed by atoms with Gasteiger partial charge in [-0.15, -0.1) is 0 Å². The molecule has 2 aliphatic rings. The zero-order valence-electron chi connectivity index (χ0n) is 13.9. The molecule has 1 aliphatic carbocycles. The van der Waals surface area contributed by atoms with E-state index in [9.17, 15) is 4.79 Å². The van der Waals surface area contributed by atoms with Crippen molar-refractivity contribution < 1.29 is 4.79 Å². The van der Waals surface area contributed by atoms with Crippen molar-refractivity contribution in [1.29, 1.82) is 0 Å². The van der Waals surface area contributed by atoms with E-state index in [1.165, 1.54) is 30.7 Å². The van der Waals surface area contributed by atoms with Crippen molar-refractivity contribution in [1.82, 2.24) is 14.9 Å². The number of benzene rings is 1. The first-order valence-corrected chi connectivity index (χ1v) is 8.91. The van der Waals surface area contributed by atoms with Gasteiger partial charge in [0.1, 0.15) is 5.82 Å². The lowest BCUT2D eigenvalue weighted by Gasteiger charge is -2.23. The number of fused-ring (bicyclic) bond motifs is 1. The highest BCUT2D eigenvalue weighted by atomic mass is 16.1. The SMILES string of the molecule is NC(=O)c1cccc(CN2CCCC2c2nc3c([nH]2)CCCC3)c1. The minimum atomic E-state index is -0.367. The van der Waals surface area contributed by atoms with E-state index in [1.54, 1.807) is 6.07 Å². The van der Waals surface area contributed by atoms with Crippen molar-refractivity contribution in [3.63, 3.8) is 0 Å². The molecule has 3 N–H and O–H groups in total. The van der Waals surface area contributed by atoms with E-state index in [2.05, 4.69) is 16.0 Å². The van der Waals surface area contributed by atoms with Crippen LogP contribution in [0, 0.1) is 0 Å². The van der Waals surface area contributed by atoms with Crippen molar-refractivity contribution in [2.45, 2.75) is 51.1 Å². The van der Waals surface area contributed by atoms with Crippen molar-refractivity contribution in [3.05, 3.63) is 52.6 Å². The summed E-state index contributed by atoms with van der Waals surface area (Å²) in [4.78, 5) is 22.3. The molecule has 2 aromatic rings. The number of aromatic amines is 1. The highest BCUT2D eigenvalue weighted by molar-refractivity contribution is 5.92. The molecule has 0 saturated carbocycles. The van der Waals surface area contributed by atoms with Gasteiger partial charge in [0.15, 0.2) is 0 Å². The number of likely N-dealkylation sites (tertiary alicyclic amines) is 1. The number of nitrogens with two attached hydrogens (primary N) is 1. The van der Waals surface area contributed by atoms with E-state index in [0.717, 1.165) is 43.7 Å². The largest absolute Gasteiger partial charge is 0.366 e. The molecule has 0 bridgehead atoms. The second-order valence-electron chi connectivity index (χ2n) is 6.95. The van der Waals surface area contributed by atoms with Crippen LogP contribution in [0.25, 0.3) is 0 Å². The maximum absolute atomic E-state index is 11.4. The molecule has 24 heavy (non-hydrogen) atoms. The number of carbonyl (C=O) groups excluding carboxylic acids is 1. The number of H-pyrrole nitrogens is 1. The molecule has 0 spiro atoms. The number of rotatable bonds is 4. The summed E-state index contributed by atoms with van der Waals surface area (Å²) in [6.07, 6.45) is 7.09. The van der Waals surface area contributed by atoms with Gasteiger partial charge in [0, 0.05) is 17.8 Å². The normalized spacial score (nSPS) is 20.9. The number of hydrogen-bond donors (Lipinski definition) is 2. The third-order valence-electron chi connectivity index (χ3n) is 5.25. The predicted molar refractivity (Wildman–Crippen MR) is 92.6 cm³/mol. The Morgan fingerprint density at radius 3 is 3.00 bits per heavy atom. The van der Waals surface area contributed by atoms with E-state index in [-0.39, 0.29) is 5.91 Å². The van der Waals surface area contributed by atoms with Crippen LogP contribution in [0.3, 0.4) is 0 Å². The van der Waals surface area contributed by atoms with Crippen LogP contribution in [0.1, 0.15) is 64.9 Å². The zero-order valence-corrected chi connectivity index (χ0v) is 13.9. The van der Waals surface area contributed by atoms with Gasteiger partial charge in [-0.2, -0.15) is 0 Å². The molecule has 1 saturated heterocycles. The first-order valence-electron chi connectivity index (χ1n) is 8.91. The number of nitrogens with one attached hydrogen (secondary N) is 1. The van der Waals surface area contributed by atoms with Crippen molar-refractivity contribution in [2.75, 3.05) is 6.54 Å².